The summed E-state index contributed by atoms with van der Waals surface area (Å²) in [5.41, 5.74) is 13.4. The number of nitrogen functional groups attached to an aromatic ring is 1. The van der Waals surface area contributed by atoms with Crippen molar-refractivity contribution in [3.05, 3.63) is 18.0 Å². The van der Waals surface area contributed by atoms with Crippen molar-refractivity contribution in [2.24, 2.45) is 11.7 Å². The molecule has 2 aromatic heterocycles. The normalized spacial score (nSPS) is 28.7. The monoisotopic (exact) mass is 245 g/mol. The SMILES string of the molecule is CC1CCCC(N)(c2nc3nc(N)ccc3[nH]2)C1. The fourth-order valence-electron chi connectivity index (χ4n) is 2.95. The Morgan fingerprint density at radius 3 is 3.00 bits per heavy atom. The van der Waals surface area contributed by atoms with Gasteiger partial charge in [-0.25, -0.2) is 9.97 Å². The van der Waals surface area contributed by atoms with Gasteiger partial charge in [-0.2, -0.15) is 0 Å². The molecule has 0 bridgehead atoms. The number of imidazole rings is 1. The van der Waals surface area contributed by atoms with E-state index in [2.05, 4.69) is 21.9 Å². The maximum atomic E-state index is 6.52. The fourth-order valence-corrected chi connectivity index (χ4v) is 2.95. The van der Waals surface area contributed by atoms with Crippen LogP contribution < -0.4 is 11.5 Å². The Bertz CT molecular complexity index is 576. The topological polar surface area (TPSA) is 93.6 Å². The zero-order valence-corrected chi connectivity index (χ0v) is 10.6. The number of nitrogens with zero attached hydrogens (tertiary/aromatic N) is 2. The van der Waals surface area contributed by atoms with E-state index < -0.39 is 0 Å². The Labute approximate surface area is 106 Å². The fraction of sp³-hybridized carbons (Fsp3) is 0.538. The summed E-state index contributed by atoms with van der Waals surface area (Å²) in [5, 5.41) is 0. The predicted octanol–water partition coefficient (Wildman–Crippen LogP) is 1.90. The molecule has 0 amide bonds. The van der Waals surface area contributed by atoms with Gasteiger partial charge in [-0.1, -0.05) is 19.8 Å². The van der Waals surface area contributed by atoms with Gasteiger partial charge in [-0.3, -0.25) is 0 Å². The standard InChI is InChI=1S/C13H19N5/c1-8-3-2-6-13(15,7-8)12-16-9-4-5-10(14)17-11(9)18-12/h4-5,8H,2-3,6-7,15H2,1H3,(H3,14,16,17,18). The first-order valence-corrected chi connectivity index (χ1v) is 6.48. The minimum absolute atomic E-state index is 0.340. The Morgan fingerprint density at radius 1 is 1.39 bits per heavy atom. The van der Waals surface area contributed by atoms with Crippen molar-refractivity contribution in [1.29, 1.82) is 0 Å². The van der Waals surface area contributed by atoms with Gasteiger partial charge in [-0.15, -0.1) is 0 Å². The van der Waals surface area contributed by atoms with Gasteiger partial charge >= 0.3 is 0 Å². The third-order valence-electron chi connectivity index (χ3n) is 3.87. The number of nitrogens with two attached hydrogens (primary N) is 2. The summed E-state index contributed by atoms with van der Waals surface area (Å²) in [6, 6.07) is 3.68. The number of anilines is 1. The van der Waals surface area contributed by atoms with Crippen LogP contribution in [0.2, 0.25) is 0 Å². The average Bonchev–Trinajstić information content (AvgIpc) is 2.72. The highest BCUT2D eigenvalue weighted by atomic mass is 15.1. The van der Waals surface area contributed by atoms with E-state index >= 15 is 0 Å². The molecule has 5 nitrogen and oxygen atoms in total. The molecular formula is C13H19N5. The lowest BCUT2D eigenvalue weighted by Gasteiger charge is -2.34. The molecule has 1 aliphatic carbocycles. The van der Waals surface area contributed by atoms with Crippen LogP contribution in [0.4, 0.5) is 5.82 Å². The molecule has 1 saturated carbocycles. The molecule has 5 heteroatoms. The van der Waals surface area contributed by atoms with E-state index in [0.717, 1.165) is 30.6 Å². The molecule has 0 aromatic carbocycles. The maximum absolute atomic E-state index is 6.52. The third-order valence-corrected chi connectivity index (χ3v) is 3.87. The van der Waals surface area contributed by atoms with Crippen molar-refractivity contribution in [2.75, 3.05) is 5.73 Å². The summed E-state index contributed by atoms with van der Waals surface area (Å²) in [4.78, 5) is 12.1. The van der Waals surface area contributed by atoms with Gasteiger partial charge in [0.15, 0.2) is 5.65 Å². The summed E-state index contributed by atoms with van der Waals surface area (Å²) < 4.78 is 0. The second kappa shape index (κ2) is 3.95. The minimum atomic E-state index is -0.340. The Kier molecular flexibility index (Phi) is 2.52. The molecule has 3 rings (SSSR count). The number of hydrogen-bond donors (Lipinski definition) is 3. The summed E-state index contributed by atoms with van der Waals surface area (Å²) in [7, 11) is 0. The van der Waals surface area contributed by atoms with E-state index in [1.54, 1.807) is 6.07 Å². The molecule has 2 aromatic rings. The minimum Gasteiger partial charge on any atom is -0.384 e. The van der Waals surface area contributed by atoms with Crippen molar-refractivity contribution in [1.82, 2.24) is 15.0 Å². The van der Waals surface area contributed by atoms with Gasteiger partial charge in [-0.05, 0) is 30.9 Å². The molecule has 0 radical (unpaired) electrons. The Morgan fingerprint density at radius 2 is 2.22 bits per heavy atom. The highest BCUT2D eigenvalue weighted by Gasteiger charge is 2.35. The number of H-pyrrole nitrogens is 1. The van der Waals surface area contributed by atoms with Crippen LogP contribution in [0, 0.1) is 5.92 Å². The summed E-state index contributed by atoms with van der Waals surface area (Å²) in [6.45, 7) is 2.25. The molecule has 2 atom stereocenters. The Balaban J connectivity index is 2.03. The van der Waals surface area contributed by atoms with Crippen molar-refractivity contribution in [2.45, 2.75) is 38.1 Å². The van der Waals surface area contributed by atoms with Crippen LogP contribution in [0.5, 0.6) is 0 Å². The highest BCUT2D eigenvalue weighted by Crippen LogP contribution is 2.36. The average molecular weight is 245 g/mol. The number of pyridine rings is 1. The molecule has 0 saturated heterocycles. The summed E-state index contributed by atoms with van der Waals surface area (Å²) in [5.74, 6) is 1.99. The van der Waals surface area contributed by atoms with Gasteiger partial charge in [0.05, 0.1) is 11.1 Å². The third kappa shape index (κ3) is 1.84. The Hall–Kier alpha value is -1.62. The molecule has 2 unspecified atom stereocenters. The van der Waals surface area contributed by atoms with E-state index in [0.29, 0.717) is 17.4 Å². The summed E-state index contributed by atoms with van der Waals surface area (Å²) in [6.07, 6.45) is 4.36. The quantitative estimate of drug-likeness (QED) is 0.715. The van der Waals surface area contributed by atoms with Crippen LogP contribution in [0.25, 0.3) is 11.2 Å². The van der Waals surface area contributed by atoms with Gasteiger partial charge in [0.2, 0.25) is 0 Å². The number of hydrogen-bond acceptors (Lipinski definition) is 4. The van der Waals surface area contributed by atoms with Crippen LogP contribution in [0.3, 0.4) is 0 Å². The zero-order chi connectivity index (χ0) is 12.8. The molecule has 18 heavy (non-hydrogen) atoms. The van der Waals surface area contributed by atoms with Gasteiger partial charge in [0.1, 0.15) is 11.6 Å². The van der Waals surface area contributed by atoms with Crippen molar-refractivity contribution < 1.29 is 0 Å². The molecule has 0 spiro atoms. The zero-order valence-electron chi connectivity index (χ0n) is 10.6. The van der Waals surface area contributed by atoms with Crippen LogP contribution in [0.1, 0.15) is 38.4 Å². The second-order valence-electron chi connectivity index (χ2n) is 5.55. The lowest BCUT2D eigenvalue weighted by atomic mass is 9.76. The molecular weight excluding hydrogens is 226 g/mol. The van der Waals surface area contributed by atoms with Crippen LogP contribution in [0.15, 0.2) is 12.1 Å². The first kappa shape index (κ1) is 11.5. The molecule has 96 valence electrons. The van der Waals surface area contributed by atoms with E-state index in [-0.39, 0.29) is 5.54 Å². The first-order valence-electron chi connectivity index (χ1n) is 6.48. The van der Waals surface area contributed by atoms with E-state index in [1.807, 2.05) is 6.07 Å². The van der Waals surface area contributed by atoms with Gasteiger partial charge in [0, 0.05) is 0 Å². The largest absolute Gasteiger partial charge is 0.384 e. The number of aromatic nitrogens is 3. The highest BCUT2D eigenvalue weighted by molar-refractivity contribution is 5.72. The van der Waals surface area contributed by atoms with Gasteiger partial charge in [0.25, 0.3) is 0 Å². The van der Waals surface area contributed by atoms with E-state index in [1.165, 1.54) is 6.42 Å². The van der Waals surface area contributed by atoms with E-state index in [4.69, 9.17) is 11.5 Å². The number of aromatic amines is 1. The lowest BCUT2D eigenvalue weighted by Crippen LogP contribution is -2.42. The predicted molar refractivity (Wildman–Crippen MR) is 71.8 cm³/mol. The van der Waals surface area contributed by atoms with Gasteiger partial charge < -0.3 is 16.5 Å². The van der Waals surface area contributed by atoms with E-state index in [9.17, 15) is 0 Å². The number of rotatable bonds is 1. The molecule has 1 aliphatic rings. The van der Waals surface area contributed by atoms with Crippen LogP contribution >= 0.6 is 0 Å². The molecule has 1 fully saturated rings. The molecule has 5 N–H and O–H groups in total. The summed E-state index contributed by atoms with van der Waals surface area (Å²) >= 11 is 0. The second-order valence-corrected chi connectivity index (χ2v) is 5.55. The van der Waals surface area contributed by atoms with Crippen LogP contribution in [-0.4, -0.2) is 15.0 Å². The van der Waals surface area contributed by atoms with Crippen molar-refractivity contribution in [3.8, 4) is 0 Å². The molecule has 0 aliphatic heterocycles. The maximum Gasteiger partial charge on any atom is 0.179 e. The van der Waals surface area contributed by atoms with Crippen molar-refractivity contribution >= 4 is 17.0 Å². The lowest BCUT2D eigenvalue weighted by molar-refractivity contribution is 0.230. The molecule has 2 heterocycles. The first-order chi connectivity index (χ1) is 8.57. The number of nitrogens with one attached hydrogen (secondary N) is 1. The van der Waals surface area contributed by atoms with Crippen molar-refractivity contribution in [3.63, 3.8) is 0 Å². The number of fused-ring (bicyclic) bond motifs is 1. The van der Waals surface area contributed by atoms with Crippen LogP contribution in [-0.2, 0) is 5.54 Å². The smallest absolute Gasteiger partial charge is 0.179 e.